The fourth-order valence-corrected chi connectivity index (χ4v) is 2.41. The van der Waals surface area contributed by atoms with Gasteiger partial charge in [-0.2, -0.15) is 0 Å². The maximum atomic E-state index is 9.66. The molecular weight excluding hydrogens is 316 g/mol. The molecule has 6 heteroatoms. The molecule has 0 saturated heterocycles. The Morgan fingerprint density at radius 2 is 2.00 bits per heavy atom. The van der Waals surface area contributed by atoms with Crippen molar-refractivity contribution in [3.63, 3.8) is 0 Å². The summed E-state index contributed by atoms with van der Waals surface area (Å²) in [5.41, 5.74) is 2.04. The molecule has 0 radical (unpaired) electrons. The van der Waals surface area contributed by atoms with Gasteiger partial charge in [-0.1, -0.05) is 49.3 Å². The average Bonchev–Trinajstić information content (AvgIpc) is 3.10. The lowest BCUT2D eigenvalue weighted by molar-refractivity contribution is 0.265. The van der Waals surface area contributed by atoms with Crippen LogP contribution in [0.15, 0.2) is 45.9 Å². The van der Waals surface area contributed by atoms with Crippen LogP contribution in [0.25, 0.3) is 0 Å². The highest BCUT2D eigenvalue weighted by molar-refractivity contribution is 5.79. The average molecular weight is 344 g/mol. The van der Waals surface area contributed by atoms with Crippen LogP contribution in [-0.2, 0) is 6.54 Å². The number of benzene rings is 1. The second kappa shape index (κ2) is 9.84. The van der Waals surface area contributed by atoms with Crippen molar-refractivity contribution in [1.82, 2.24) is 15.8 Å². The van der Waals surface area contributed by atoms with Gasteiger partial charge in [0.05, 0.1) is 12.3 Å². The quantitative estimate of drug-likeness (QED) is 0.506. The van der Waals surface area contributed by atoms with Crippen LogP contribution in [0.3, 0.4) is 0 Å². The summed E-state index contributed by atoms with van der Waals surface area (Å²) in [6.07, 6.45) is 0. The molecule has 2 rings (SSSR count). The third-order valence-electron chi connectivity index (χ3n) is 3.91. The summed E-state index contributed by atoms with van der Waals surface area (Å²) in [5, 5.41) is 20.2. The van der Waals surface area contributed by atoms with Gasteiger partial charge in [0.2, 0.25) is 0 Å². The molecule has 25 heavy (non-hydrogen) atoms. The minimum atomic E-state index is 0.0166. The molecule has 136 valence electrons. The molecule has 0 fully saturated rings. The Bertz CT molecular complexity index is 652. The van der Waals surface area contributed by atoms with Gasteiger partial charge in [-0.3, -0.25) is 0 Å². The number of nitrogens with zero attached hydrogens (tertiary/aromatic N) is 2. The molecule has 0 amide bonds. The fraction of sp³-hybridized carbons (Fsp3) is 0.474. The molecule has 0 saturated carbocycles. The van der Waals surface area contributed by atoms with Gasteiger partial charge >= 0.3 is 0 Å². The number of aliphatic hydroxyl groups excluding tert-OH is 1. The molecule has 0 aliphatic heterocycles. The van der Waals surface area contributed by atoms with E-state index in [1.165, 1.54) is 0 Å². The maximum absolute atomic E-state index is 9.66. The van der Waals surface area contributed by atoms with Crippen molar-refractivity contribution in [3.8, 4) is 0 Å². The highest BCUT2D eigenvalue weighted by Gasteiger charge is 2.11. The van der Waals surface area contributed by atoms with Gasteiger partial charge < -0.3 is 20.3 Å². The van der Waals surface area contributed by atoms with Gasteiger partial charge in [0.1, 0.15) is 6.54 Å². The predicted octanol–water partition coefficient (Wildman–Crippen LogP) is 2.63. The Kier molecular flexibility index (Phi) is 7.47. The molecule has 0 aliphatic rings. The first-order chi connectivity index (χ1) is 12.1. The maximum Gasteiger partial charge on any atom is 0.191 e. The summed E-state index contributed by atoms with van der Waals surface area (Å²) in [4.78, 5) is 4.54. The lowest BCUT2D eigenvalue weighted by Crippen LogP contribution is -2.39. The van der Waals surface area contributed by atoms with E-state index in [-0.39, 0.29) is 12.5 Å². The second-order valence-corrected chi connectivity index (χ2v) is 6.24. The Labute approximate surface area is 149 Å². The smallest absolute Gasteiger partial charge is 0.191 e. The third-order valence-corrected chi connectivity index (χ3v) is 3.91. The van der Waals surface area contributed by atoms with Crippen molar-refractivity contribution >= 4 is 5.96 Å². The van der Waals surface area contributed by atoms with Crippen LogP contribution in [0, 0.1) is 0 Å². The van der Waals surface area contributed by atoms with Crippen LogP contribution in [-0.4, -0.2) is 35.9 Å². The van der Waals surface area contributed by atoms with Crippen LogP contribution in [0.5, 0.6) is 0 Å². The second-order valence-electron chi connectivity index (χ2n) is 6.24. The van der Waals surface area contributed by atoms with E-state index in [1.54, 1.807) is 0 Å². The number of aliphatic imine (C=N–C) groups is 1. The van der Waals surface area contributed by atoms with E-state index >= 15 is 0 Å². The minimum Gasteiger partial charge on any atom is -0.396 e. The molecule has 1 unspecified atom stereocenters. The highest BCUT2D eigenvalue weighted by atomic mass is 16.5. The first-order valence-corrected chi connectivity index (χ1v) is 8.77. The Morgan fingerprint density at radius 1 is 1.24 bits per heavy atom. The van der Waals surface area contributed by atoms with E-state index in [0.29, 0.717) is 25.0 Å². The van der Waals surface area contributed by atoms with Crippen molar-refractivity contribution in [2.75, 3.05) is 19.7 Å². The summed E-state index contributed by atoms with van der Waals surface area (Å²) >= 11 is 0. The van der Waals surface area contributed by atoms with Crippen LogP contribution >= 0.6 is 0 Å². The van der Waals surface area contributed by atoms with Crippen molar-refractivity contribution in [2.45, 2.75) is 39.2 Å². The van der Waals surface area contributed by atoms with Crippen molar-refractivity contribution in [1.29, 1.82) is 0 Å². The number of nitrogens with one attached hydrogen (secondary N) is 2. The van der Waals surface area contributed by atoms with Crippen LogP contribution in [0.2, 0.25) is 0 Å². The van der Waals surface area contributed by atoms with E-state index < -0.39 is 0 Å². The number of aromatic nitrogens is 1. The summed E-state index contributed by atoms with van der Waals surface area (Å²) in [6.45, 7) is 8.03. The van der Waals surface area contributed by atoms with Gasteiger partial charge in [-0.25, -0.2) is 4.99 Å². The Hall–Kier alpha value is -2.34. The Morgan fingerprint density at radius 3 is 2.60 bits per heavy atom. The number of hydrogen-bond acceptors (Lipinski definition) is 4. The SMILES string of the molecule is CCNC(=NCc1cc(C(C)C)no1)NCC(CO)c1ccccc1. The van der Waals surface area contributed by atoms with Gasteiger partial charge in [-0.05, 0) is 18.4 Å². The highest BCUT2D eigenvalue weighted by Crippen LogP contribution is 2.15. The standard InChI is InChI=1S/C19H28N4O2/c1-4-20-19(22-12-17-10-18(14(2)3)23-25-17)21-11-16(13-24)15-8-6-5-7-9-15/h5-10,14,16,24H,4,11-13H2,1-3H3,(H2,20,21,22). The summed E-state index contributed by atoms with van der Waals surface area (Å²) in [7, 11) is 0. The number of guanidine groups is 1. The zero-order chi connectivity index (χ0) is 18.1. The number of aliphatic hydroxyl groups is 1. The lowest BCUT2D eigenvalue weighted by Gasteiger charge is -2.17. The van der Waals surface area contributed by atoms with E-state index in [9.17, 15) is 5.11 Å². The predicted molar refractivity (Wildman–Crippen MR) is 99.7 cm³/mol. The molecule has 0 spiro atoms. The largest absolute Gasteiger partial charge is 0.396 e. The fourth-order valence-electron chi connectivity index (χ4n) is 2.41. The van der Waals surface area contributed by atoms with E-state index in [0.717, 1.165) is 23.6 Å². The lowest BCUT2D eigenvalue weighted by atomic mass is 10.0. The van der Waals surface area contributed by atoms with Crippen molar-refractivity contribution in [2.24, 2.45) is 4.99 Å². The summed E-state index contributed by atoms with van der Waals surface area (Å²) in [6, 6.07) is 11.9. The normalized spacial score (nSPS) is 13.1. The van der Waals surface area contributed by atoms with Crippen LogP contribution in [0.1, 0.15) is 49.6 Å². The monoisotopic (exact) mass is 344 g/mol. The molecule has 3 N–H and O–H groups in total. The minimum absolute atomic E-state index is 0.0166. The van der Waals surface area contributed by atoms with Gasteiger partial charge in [0.25, 0.3) is 0 Å². The van der Waals surface area contributed by atoms with Crippen LogP contribution < -0.4 is 10.6 Å². The third kappa shape index (κ3) is 5.90. The van der Waals surface area contributed by atoms with Gasteiger partial charge in [-0.15, -0.1) is 0 Å². The molecule has 0 bridgehead atoms. The molecular formula is C19H28N4O2. The first kappa shape index (κ1) is 19.0. The molecule has 2 aromatic rings. The van der Waals surface area contributed by atoms with E-state index in [1.807, 2.05) is 43.3 Å². The molecule has 1 aromatic heterocycles. The molecule has 1 heterocycles. The topological polar surface area (TPSA) is 82.7 Å². The summed E-state index contributed by atoms with van der Waals surface area (Å²) in [5.74, 6) is 1.79. The first-order valence-electron chi connectivity index (χ1n) is 8.77. The van der Waals surface area contributed by atoms with Gasteiger partial charge in [0.15, 0.2) is 11.7 Å². The van der Waals surface area contributed by atoms with Gasteiger partial charge in [0, 0.05) is 25.1 Å². The molecule has 1 atom stereocenters. The summed E-state index contributed by atoms with van der Waals surface area (Å²) < 4.78 is 5.32. The zero-order valence-electron chi connectivity index (χ0n) is 15.2. The van der Waals surface area contributed by atoms with Crippen LogP contribution in [0.4, 0.5) is 0 Å². The van der Waals surface area contributed by atoms with Crippen molar-refractivity contribution in [3.05, 3.63) is 53.4 Å². The van der Waals surface area contributed by atoms with E-state index in [2.05, 4.69) is 34.6 Å². The molecule has 0 aliphatic carbocycles. The van der Waals surface area contributed by atoms with E-state index in [4.69, 9.17) is 4.52 Å². The molecule has 6 nitrogen and oxygen atoms in total. The zero-order valence-corrected chi connectivity index (χ0v) is 15.2. The Balaban J connectivity index is 1.96. The number of hydrogen-bond donors (Lipinski definition) is 3. The van der Waals surface area contributed by atoms with Crippen molar-refractivity contribution < 1.29 is 9.63 Å². The number of rotatable bonds is 8. The molecule has 1 aromatic carbocycles.